The number of halogens is 2. The number of nitro benzene ring substituents is 1. The number of carbonyl (C=O) groups excluding carboxylic acids is 1. The fourth-order valence-electron chi connectivity index (χ4n) is 1.96. The minimum Gasteiger partial charge on any atom is -0.378 e. The third-order valence-electron chi connectivity index (χ3n) is 3.02. The topological polar surface area (TPSA) is 84.3 Å². The number of rotatable bonds is 6. The predicted molar refractivity (Wildman–Crippen MR) is 85.3 cm³/mol. The van der Waals surface area contributed by atoms with Crippen molar-refractivity contribution in [2.45, 2.75) is 0 Å². The van der Waals surface area contributed by atoms with Crippen LogP contribution in [-0.4, -0.2) is 23.9 Å². The third kappa shape index (κ3) is 4.17. The first-order valence-corrected chi connectivity index (χ1v) is 7.08. The number of hydrogen-bond acceptors (Lipinski definition) is 4. The summed E-state index contributed by atoms with van der Waals surface area (Å²) in [5.74, 6) is -1.35. The summed E-state index contributed by atoms with van der Waals surface area (Å²) >= 11 is 5.80. The van der Waals surface area contributed by atoms with Crippen LogP contribution >= 0.6 is 11.6 Å². The molecule has 0 aliphatic rings. The molecule has 6 nitrogen and oxygen atoms in total. The zero-order valence-electron chi connectivity index (χ0n) is 11.9. The third-order valence-corrected chi connectivity index (χ3v) is 3.33. The van der Waals surface area contributed by atoms with Crippen LogP contribution in [0.2, 0.25) is 5.02 Å². The first kappa shape index (κ1) is 16.7. The molecule has 0 bridgehead atoms. The highest BCUT2D eigenvalue weighted by Gasteiger charge is 2.15. The Morgan fingerprint density at radius 3 is 2.61 bits per heavy atom. The maximum absolute atomic E-state index is 13.6. The van der Waals surface area contributed by atoms with Crippen LogP contribution in [0.5, 0.6) is 0 Å². The lowest BCUT2D eigenvalue weighted by atomic mass is 10.2. The summed E-state index contributed by atoms with van der Waals surface area (Å²) in [7, 11) is 0. The van der Waals surface area contributed by atoms with Crippen LogP contribution in [0.1, 0.15) is 10.4 Å². The van der Waals surface area contributed by atoms with E-state index in [1.54, 1.807) is 18.2 Å². The van der Waals surface area contributed by atoms with Gasteiger partial charge >= 0.3 is 0 Å². The minimum absolute atomic E-state index is 0.0224. The number of anilines is 1. The standard InChI is InChI=1S/C15H13ClFN3O3/c16-10-4-3-5-11(17)14(10)15(21)19-9-8-18-12-6-1-2-7-13(12)20(22)23/h1-7,18H,8-9H2,(H,19,21). The van der Waals surface area contributed by atoms with E-state index in [2.05, 4.69) is 10.6 Å². The predicted octanol–water partition coefficient (Wildman–Crippen LogP) is 3.23. The average Bonchev–Trinajstić information content (AvgIpc) is 2.51. The molecule has 0 radical (unpaired) electrons. The number of amides is 1. The number of para-hydroxylation sites is 2. The normalized spacial score (nSPS) is 10.2. The van der Waals surface area contributed by atoms with E-state index in [1.807, 2.05) is 0 Å². The Labute approximate surface area is 136 Å². The van der Waals surface area contributed by atoms with Crippen molar-refractivity contribution in [3.63, 3.8) is 0 Å². The average molecular weight is 338 g/mol. The quantitative estimate of drug-likeness (QED) is 0.481. The summed E-state index contributed by atoms with van der Waals surface area (Å²) in [4.78, 5) is 22.3. The van der Waals surface area contributed by atoms with Gasteiger partial charge in [0.15, 0.2) is 0 Å². The largest absolute Gasteiger partial charge is 0.378 e. The lowest BCUT2D eigenvalue weighted by molar-refractivity contribution is -0.384. The summed E-state index contributed by atoms with van der Waals surface area (Å²) in [6, 6.07) is 10.1. The van der Waals surface area contributed by atoms with Crippen LogP contribution < -0.4 is 10.6 Å². The van der Waals surface area contributed by atoms with Gasteiger partial charge < -0.3 is 10.6 Å². The second kappa shape index (κ2) is 7.55. The van der Waals surface area contributed by atoms with Crippen LogP contribution in [0, 0.1) is 15.9 Å². The zero-order valence-corrected chi connectivity index (χ0v) is 12.6. The van der Waals surface area contributed by atoms with Gasteiger partial charge in [-0.05, 0) is 18.2 Å². The van der Waals surface area contributed by atoms with Crippen molar-refractivity contribution in [1.29, 1.82) is 0 Å². The van der Waals surface area contributed by atoms with Crippen molar-refractivity contribution < 1.29 is 14.1 Å². The van der Waals surface area contributed by atoms with Gasteiger partial charge in [0.1, 0.15) is 11.5 Å². The minimum atomic E-state index is -0.707. The maximum Gasteiger partial charge on any atom is 0.292 e. The fourth-order valence-corrected chi connectivity index (χ4v) is 2.21. The number of nitrogens with one attached hydrogen (secondary N) is 2. The first-order valence-electron chi connectivity index (χ1n) is 6.70. The summed E-state index contributed by atoms with van der Waals surface area (Å²) in [6.45, 7) is 0.387. The SMILES string of the molecule is O=C(NCCNc1ccccc1[N+](=O)[O-])c1c(F)cccc1Cl. The smallest absolute Gasteiger partial charge is 0.292 e. The Bertz CT molecular complexity index is 719. The lowest BCUT2D eigenvalue weighted by Gasteiger charge is -2.09. The highest BCUT2D eigenvalue weighted by Crippen LogP contribution is 2.22. The van der Waals surface area contributed by atoms with Crippen molar-refractivity contribution in [3.05, 3.63) is 69.0 Å². The van der Waals surface area contributed by atoms with Gasteiger partial charge in [-0.3, -0.25) is 14.9 Å². The van der Waals surface area contributed by atoms with E-state index in [0.717, 1.165) is 6.07 Å². The van der Waals surface area contributed by atoms with E-state index < -0.39 is 16.6 Å². The van der Waals surface area contributed by atoms with E-state index in [0.29, 0.717) is 5.69 Å². The highest BCUT2D eigenvalue weighted by atomic mass is 35.5. The van der Waals surface area contributed by atoms with Crippen LogP contribution in [0.15, 0.2) is 42.5 Å². The molecule has 0 saturated carbocycles. The molecule has 0 aromatic heterocycles. The van der Waals surface area contributed by atoms with Crippen molar-refractivity contribution in [3.8, 4) is 0 Å². The number of benzene rings is 2. The molecule has 0 saturated heterocycles. The Morgan fingerprint density at radius 1 is 1.17 bits per heavy atom. The van der Waals surface area contributed by atoms with Gasteiger partial charge in [-0.2, -0.15) is 0 Å². The molecule has 2 rings (SSSR count). The summed E-state index contributed by atoms with van der Waals surface area (Å²) in [5, 5.41) is 16.2. The summed E-state index contributed by atoms with van der Waals surface area (Å²) in [5.41, 5.74) is 0.0616. The molecule has 0 aliphatic heterocycles. The zero-order chi connectivity index (χ0) is 16.8. The monoisotopic (exact) mass is 337 g/mol. The van der Waals surface area contributed by atoms with Crippen molar-refractivity contribution in [1.82, 2.24) is 5.32 Å². The molecule has 2 aromatic carbocycles. The van der Waals surface area contributed by atoms with Crippen LogP contribution in [0.3, 0.4) is 0 Å². The molecule has 2 N–H and O–H groups in total. The fraction of sp³-hybridized carbons (Fsp3) is 0.133. The van der Waals surface area contributed by atoms with E-state index in [1.165, 1.54) is 18.2 Å². The van der Waals surface area contributed by atoms with Crippen LogP contribution in [0.25, 0.3) is 0 Å². The Hall–Kier alpha value is -2.67. The van der Waals surface area contributed by atoms with E-state index in [4.69, 9.17) is 11.6 Å². The second-order valence-corrected chi connectivity index (χ2v) is 4.96. The maximum atomic E-state index is 13.6. The van der Waals surface area contributed by atoms with E-state index >= 15 is 0 Å². The number of nitro groups is 1. The molecule has 120 valence electrons. The lowest BCUT2D eigenvalue weighted by Crippen LogP contribution is -2.29. The molecule has 2 aromatic rings. The Kier molecular flexibility index (Phi) is 5.48. The van der Waals surface area contributed by atoms with Crippen molar-refractivity contribution in [2.75, 3.05) is 18.4 Å². The van der Waals surface area contributed by atoms with E-state index in [-0.39, 0.29) is 29.4 Å². The number of carbonyl (C=O) groups is 1. The number of hydrogen-bond donors (Lipinski definition) is 2. The Balaban J connectivity index is 1.91. The molecule has 0 aliphatic carbocycles. The van der Waals surface area contributed by atoms with Crippen LogP contribution in [0.4, 0.5) is 15.8 Å². The molecule has 0 fully saturated rings. The van der Waals surface area contributed by atoms with Gasteiger partial charge in [0, 0.05) is 19.2 Å². The van der Waals surface area contributed by atoms with Crippen LogP contribution in [-0.2, 0) is 0 Å². The summed E-state index contributed by atoms with van der Waals surface area (Å²) < 4.78 is 13.6. The molecular formula is C15H13ClFN3O3. The first-order chi connectivity index (χ1) is 11.0. The summed E-state index contributed by atoms with van der Waals surface area (Å²) in [6.07, 6.45) is 0. The molecule has 0 heterocycles. The molecule has 23 heavy (non-hydrogen) atoms. The number of nitrogens with zero attached hydrogens (tertiary/aromatic N) is 1. The van der Waals surface area contributed by atoms with Gasteiger partial charge in [0.2, 0.25) is 0 Å². The van der Waals surface area contributed by atoms with Gasteiger partial charge in [-0.25, -0.2) is 4.39 Å². The van der Waals surface area contributed by atoms with Gasteiger partial charge in [0.25, 0.3) is 11.6 Å². The molecule has 0 unspecified atom stereocenters. The van der Waals surface area contributed by atoms with Crippen molar-refractivity contribution in [2.24, 2.45) is 0 Å². The molecule has 0 atom stereocenters. The Morgan fingerprint density at radius 2 is 1.91 bits per heavy atom. The van der Waals surface area contributed by atoms with Crippen molar-refractivity contribution >= 4 is 28.9 Å². The molecule has 0 spiro atoms. The molecule has 1 amide bonds. The van der Waals surface area contributed by atoms with Gasteiger partial charge in [-0.1, -0.05) is 29.8 Å². The van der Waals surface area contributed by atoms with Gasteiger partial charge in [0.05, 0.1) is 15.5 Å². The second-order valence-electron chi connectivity index (χ2n) is 4.55. The molecular weight excluding hydrogens is 325 g/mol. The molecule has 8 heteroatoms. The van der Waals surface area contributed by atoms with E-state index in [9.17, 15) is 19.3 Å². The van der Waals surface area contributed by atoms with Gasteiger partial charge in [-0.15, -0.1) is 0 Å². The highest BCUT2D eigenvalue weighted by molar-refractivity contribution is 6.33.